The number of hydrogen-bond donors (Lipinski definition) is 0. The third-order valence-corrected chi connectivity index (χ3v) is 7.47. The van der Waals surface area contributed by atoms with Crippen molar-refractivity contribution in [2.75, 3.05) is 52.4 Å². The highest BCUT2D eigenvalue weighted by atomic mass is 32.2. The van der Waals surface area contributed by atoms with E-state index in [1.807, 2.05) is 27.7 Å². The van der Waals surface area contributed by atoms with Crippen LogP contribution in [0.3, 0.4) is 0 Å². The first-order valence-electron chi connectivity index (χ1n) is 8.19. The summed E-state index contributed by atoms with van der Waals surface area (Å²) in [6.45, 7) is 12.1. The van der Waals surface area contributed by atoms with Gasteiger partial charge in [0, 0.05) is 13.1 Å². The summed E-state index contributed by atoms with van der Waals surface area (Å²) < 4.78 is 13.2. The van der Waals surface area contributed by atoms with Crippen LogP contribution >= 0.6 is 0 Å². The van der Waals surface area contributed by atoms with Crippen LogP contribution in [0.4, 0.5) is 9.59 Å². The molecule has 2 aliphatic heterocycles. The molecule has 0 bridgehead atoms. The first kappa shape index (κ1) is 17.4. The largest absolute Gasteiger partial charge is 0.437 e. The van der Waals surface area contributed by atoms with Crippen molar-refractivity contribution in [1.82, 2.24) is 9.80 Å². The Morgan fingerprint density at radius 3 is 1.45 bits per heavy atom. The second-order valence-corrected chi connectivity index (χ2v) is 7.67. The maximum atomic E-state index is 13.5. The molecule has 22 heavy (non-hydrogen) atoms. The Morgan fingerprint density at radius 1 is 0.864 bits per heavy atom. The number of carbonyl (C=O) groups excluding carboxylic acids is 2. The van der Waals surface area contributed by atoms with Gasteiger partial charge < -0.3 is 0 Å². The average Bonchev–Trinajstić information content (AvgIpc) is 3.05. The van der Waals surface area contributed by atoms with Gasteiger partial charge in [0.15, 0.2) is 0 Å². The second kappa shape index (κ2) is 6.25. The molecule has 2 saturated heterocycles. The van der Waals surface area contributed by atoms with E-state index in [9.17, 15) is 13.8 Å². The molecule has 0 aromatic heterocycles. The molecule has 0 aromatic carbocycles. The minimum absolute atomic E-state index is 0.1000. The van der Waals surface area contributed by atoms with E-state index in [-0.39, 0.29) is 19.8 Å². The summed E-state index contributed by atoms with van der Waals surface area (Å²) in [7, 11) is 0. The van der Waals surface area contributed by atoms with E-state index in [0.717, 1.165) is 0 Å². The molecule has 0 radical (unpaired) electrons. The Bertz CT molecular complexity index is 458. The summed E-state index contributed by atoms with van der Waals surface area (Å²) in [4.78, 5) is 29.0. The highest BCUT2D eigenvalue weighted by molar-refractivity contribution is 7.74. The van der Waals surface area contributed by atoms with Crippen molar-refractivity contribution >= 4 is 23.2 Å². The average molecular weight is 332 g/mol. The highest BCUT2D eigenvalue weighted by Crippen LogP contribution is 2.32. The minimum atomic E-state index is -1.60. The Kier molecular flexibility index (Phi) is 4.93. The van der Waals surface area contributed by atoms with Gasteiger partial charge in [0.2, 0.25) is 0 Å². The molecule has 2 fully saturated rings. The zero-order valence-electron chi connectivity index (χ0n) is 14.1. The van der Waals surface area contributed by atoms with Gasteiger partial charge in [-0.2, -0.15) is 0 Å². The Morgan fingerprint density at radius 2 is 1.23 bits per heavy atom. The van der Waals surface area contributed by atoms with Crippen LogP contribution in [0.5, 0.6) is 0 Å². The summed E-state index contributed by atoms with van der Waals surface area (Å²) in [6, 6.07) is -0.200. The van der Waals surface area contributed by atoms with Gasteiger partial charge in [-0.25, -0.2) is 9.59 Å². The van der Waals surface area contributed by atoms with Gasteiger partial charge in [0.25, 0.3) is 0 Å². The van der Waals surface area contributed by atoms with Gasteiger partial charge in [-0.3, -0.25) is 9.80 Å². The predicted octanol–water partition coefficient (Wildman–Crippen LogP) is 1.15. The first-order chi connectivity index (χ1) is 10.4. The van der Waals surface area contributed by atoms with Gasteiger partial charge in [-0.15, -0.1) is 12.0 Å². The van der Waals surface area contributed by atoms with E-state index in [4.69, 9.17) is 0 Å². The second-order valence-electron chi connectivity index (χ2n) is 5.81. The number of likely N-dealkylation sites (N-methyl/N-ethyl adjacent to an activating group) is 4. The summed E-state index contributed by atoms with van der Waals surface area (Å²) in [5.41, 5.74) is 0. The van der Waals surface area contributed by atoms with Gasteiger partial charge in [0.1, 0.15) is 26.2 Å². The number of urea groups is 2. The standard InChI is InChI=1S/C14H28N4O3S/c1-5-15-9-11-17(7-3,13(15)19)22(21)18(8-4)12-10-16(6-2)14(18)20/h5-12H2,1-4H3/q+2. The zero-order chi connectivity index (χ0) is 16.5. The van der Waals surface area contributed by atoms with Crippen molar-refractivity contribution < 1.29 is 21.6 Å². The molecular formula is C14H28N4O3S+2. The highest BCUT2D eigenvalue weighted by Gasteiger charge is 2.64. The van der Waals surface area contributed by atoms with Crippen LogP contribution in [0.2, 0.25) is 0 Å². The van der Waals surface area contributed by atoms with Crippen molar-refractivity contribution in [3.8, 4) is 0 Å². The van der Waals surface area contributed by atoms with E-state index < -0.39 is 11.2 Å². The van der Waals surface area contributed by atoms with Crippen molar-refractivity contribution in [3.05, 3.63) is 0 Å². The first-order valence-corrected chi connectivity index (χ1v) is 9.26. The van der Waals surface area contributed by atoms with Crippen LogP contribution in [0.1, 0.15) is 27.7 Å². The van der Waals surface area contributed by atoms with E-state index in [1.54, 1.807) is 9.80 Å². The molecule has 0 spiro atoms. The fourth-order valence-corrected chi connectivity index (χ4v) is 5.46. The normalized spacial score (nSPS) is 33.8. The van der Waals surface area contributed by atoms with Crippen LogP contribution in [0, 0.1) is 0 Å². The molecule has 2 atom stereocenters. The number of nitrogens with zero attached hydrogens (tertiary/aromatic N) is 4. The van der Waals surface area contributed by atoms with Gasteiger partial charge in [-0.1, -0.05) is 0 Å². The molecule has 126 valence electrons. The van der Waals surface area contributed by atoms with E-state index in [1.165, 1.54) is 0 Å². The maximum absolute atomic E-state index is 13.5. The number of carbonyl (C=O) groups is 2. The van der Waals surface area contributed by atoms with Crippen LogP contribution in [-0.4, -0.2) is 86.2 Å². The third-order valence-electron chi connectivity index (χ3n) is 5.08. The molecule has 4 amide bonds. The molecule has 8 heteroatoms. The lowest BCUT2D eigenvalue weighted by atomic mass is 10.5. The molecule has 2 aliphatic rings. The van der Waals surface area contributed by atoms with Gasteiger partial charge >= 0.3 is 23.2 Å². The SMILES string of the molecule is CCN1CC[N+](CC)(S(=O)[N+]2(CC)CCN(CC)C2=O)C1=O. The monoisotopic (exact) mass is 332 g/mol. The lowest BCUT2D eigenvalue weighted by molar-refractivity contribution is -0.798. The Hall–Kier alpha value is -0.990. The number of quaternary nitrogens is 2. The number of amides is 4. The lowest BCUT2D eigenvalue weighted by Crippen LogP contribution is -2.65. The summed E-state index contributed by atoms with van der Waals surface area (Å²) in [5.74, 6) is 0. The van der Waals surface area contributed by atoms with E-state index >= 15 is 0 Å². The zero-order valence-corrected chi connectivity index (χ0v) is 14.9. The maximum Gasteiger partial charge on any atom is 0.437 e. The van der Waals surface area contributed by atoms with Crippen molar-refractivity contribution in [2.45, 2.75) is 27.7 Å². The van der Waals surface area contributed by atoms with Crippen molar-refractivity contribution in [1.29, 1.82) is 0 Å². The van der Waals surface area contributed by atoms with Gasteiger partial charge in [0.05, 0.1) is 13.1 Å². The van der Waals surface area contributed by atoms with Crippen LogP contribution in [0.15, 0.2) is 0 Å². The molecule has 2 rings (SSSR count). The third kappa shape index (κ3) is 2.19. The lowest BCUT2D eigenvalue weighted by Gasteiger charge is -2.33. The smallest absolute Gasteiger partial charge is 0.286 e. The minimum Gasteiger partial charge on any atom is -0.286 e. The fourth-order valence-electron chi connectivity index (χ4n) is 3.45. The Labute approximate surface area is 135 Å². The molecule has 2 unspecified atom stereocenters. The predicted molar refractivity (Wildman–Crippen MR) is 84.8 cm³/mol. The van der Waals surface area contributed by atoms with Crippen LogP contribution in [-0.2, 0) is 11.2 Å². The van der Waals surface area contributed by atoms with Crippen molar-refractivity contribution in [2.24, 2.45) is 0 Å². The van der Waals surface area contributed by atoms with Gasteiger partial charge in [-0.05, 0) is 27.7 Å². The molecule has 0 N–H and O–H groups in total. The van der Waals surface area contributed by atoms with Crippen molar-refractivity contribution in [3.63, 3.8) is 0 Å². The molecular weight excluding hydrogens is 304 g/mol. The molecule has 7 nitrogen and oxygen atoms in total. The topological polar surface area (TPSA) is 57.7 Å². The van der Waals surface area contributed by atoms with Crippen LogP contribution < -0.4 is 0 Å². The summed E-state index contributed by atoms with van der Waals surface area (Å²) in [5, 5.41) is 0. The molecule has 0 aromatic rings. The van der Waals surface area contributed by atoms with E-state index in [2.05, 4.69) is 0 Å². The summed E-state index contributed by atoms with van der Waals surface area (Å²) >= 11 is -1.60. The number of rotatable bonds is 6. The number of hydrogen-bond acceptors (Lipinski definition) is 3. The van der Waals surface area contributed by atoms with Crippen LogP contribution in [0.25, 0.3) is 0 Å². The fraction of sp³-hybridized carbons (Fsp3) is 0.857. The quantitative estimate of drug-likeness (QED) is 0.686. The summed E-state index contributed by atoms with van der Waals surface area (Å²) in [6.07, 6.45) is 0. The van der Waals surface area contributed by atoms with E-state index in [0.29, 0.717) is 52.4 Å². The molecule has 0 saturated carbocycles. The molecule has 2 heterocycles. The molecule has 0 aliphatic carbocycles. The Balaban J connectivity index is 2.40.